The molecule has 0 radical (unpaired) electrons. The summed E-state index contributed by atoms with van der Waals surface area (Å²) in [6, 6.07) is 5.44. The Bertz CT molecular complexity index is 618. The van der Waals surface area contributed by atoms with Crippen molar-refractivity contribution >= 4 is 39.1 Å². The zero-order valence-electron chi connectivity index (χ0n) is 9.89. The molecule has 5 nitrogen and oxygen atoms in total. The van der Waals surface area contributed by atoms with E-state index in [1.54, 1.807) is 24.3 Å². The van der Waals surface area contributed by atoms with Gasteiger partial charge in [0.1, 0.15) is 17.7 Å². The van der Waals surface area contributed by atoms with Crippen LogP contribution in [0.1, 0.15) is 0 Å². The summed E-state index contributed by atoms with van der Waals surface area (Å²) in [5.41, 5.74) is 2.11. The molecule has 0 aliphatic carbocycles. The van der Waals surface area contributed by atoms with Crippen molar-refractivity contribution in [3.8, 4) is 0 Å². The normalized spacial score (nSPS) is 25.0. The van der Waals surface area contributed by atoms with Gasteiger partial charge in [0.05, 0.1) is 5.69 Å². The van der Waals surface area contributed by atoms with Crippen LogP contribution in [0, 0.1) is 5.92 Å². The molecule has 2 heterocycles. The number of halogens is 3. The first-order chi connectivity index (χ1) is 9.50. The zero-order chi connectivity index (χ0) is 14.4. The minimum Gasteiger partial charge on any atom is -0.296 e. The maximum Gasteiger partial charge on any atom is 0.279 e. The third kappa shape index (κ3) is 1.82. The molecule has 1 aromatic carbocycles. The number of nitrogens with one attached hydrogen (secondary N) is 1. The number of hydrazone groups is 1. The minimum absolute atomic E-state index is 0.355. The number of amides is 2. The van der Waals surface area contributed by atoms with Gasteiger partial charge in [-0.2, -0.15) is 5.10 Å². The Morgan fingerprint density at radius 3 is 2.45 bits per heavy atom. The van der Waals surface area contributed by atoms with Crippen LogP contribution in [0.15, 0.2) is 33.8 Å². The van der Waals surface area contributed by atoms with Gasteiger partial charge in [0.2, 0.25) is 5.91 Å². The standard InChI is InChI=1S/C12H8BrF2N3O2/c13-5-1-3-6(4-2-5)18-11(19)7-8(10(14)15)16-17-9(7)12(18)20/h1-4,7,9-10,17H. The van der Waals surface area contributed by atoms with Crippen molar-refractivity contribution in [1.82, 2.24) is 5.43 Å². The molecule has 2 unspecified atom stereocenters. The maximum absolute atomic E-state index is 12.8. The molecule has 104 valence electrons. The molecule has 3 rings (SSSR count). The molecule has 2 amide bonds. The van der Waals surface area contributed by atoms with Crippen molar-refractivity contribution in [1.29, 1.82) is 0 Å². The molecule has 2 aliphatic heterocycles. The number of hydrogen-bond acceptors (Lipinski definition) is 4. The third-order valence-electron chi connectivity index (χ3n) is 3.27. The molecule has 0 spiro atoms. The summed E-state index contributed by atoms with van der Waals surface area (Å²) in [6.45, 7) is 0. The van der Waals surface area contributed by atoms with Gasteiger partial charge in [0.15, 0.2) is 0 Å². The van der Waals surface area contributed by atoms with Crippen LogP contribution in [-0.4, -0.2) is 30.0 Å². The summed E-state index contributed by atoms with van der Waals surface area (Å²) in [6.07, 6.45) is -2.86. The van der Waals surface area contributed by atoms with Crippen LogP contribution in [-0.2, 0) is 9.59 Å². The lowest BCUT2D eigenvalue weighted by Gasteiger charge is -2.15. The number of rotatable bonds is 2. The molecule has 2 aliphatic rings. The lowest BCUT2D eigenvalue weighted by molar-refractivity contribution is -0.122. The van der Waals surface area contributed by atoms with Gasteiger partial charge in [0.25, 0.3) is 12.3 Å². The van der Waals surface area contributed by atoms with Gasteiger partial charge in [-0.3, -0.25) is 15.0 Å². The zero-order valence-corrected chi connectivity index (χ0v) is 11.5. The van der Waals surface area contributed by atoms with E-state index in [4.69, 9.17) is 0 Å². The highest BCUT2D eigenvalue weighted by molar-refractivity contribution is 9.10. The van der Waals surface area contributed by atoms with Crippen molar-refractivity contribution in [2.45, 2.75) is 12.5 Å². The Hall–Kier alpha value is -1.83. The smallest absolute Gasteiger partial charge is 0.279 e. The predicted octanol–water partition coefficient (Wildman–Crippen LogP) is 1.53. The Labute approximate surface area is 120 Å². The van der Waals surface area contributed by atoms with E-state index in [0.29, 0.717) is 5.69 Å². The van der Waals surface area contributed by atoms with Gasteiger partial charge in [-0.05, 0) is 24.3 Å². The molecule has 1 fully saturated rings. The summed E-state index contributed by atoms with van der Waals surface area (Å²) in [5, 5.41) is 3.40. The molecule has 20 heavy (non-hydrogen) atoms. The van der Waals surface area contributed by atoms with Crippen molar-refractivity contribution in [3.05, 3.63) is 28.7 Å². The fourth-order valence-electron chi connectivity index (χ4n) is 2.34. The lowest BCUT2D eigenvalue weighted by atomic mass is 9.99. The highest BCUT2D eigenvalue weighted by Gasteiger charge is 2.55. The fourth-order valence-corrected chi connectivity index (χ4v) is 2.61. The number of carbonyl (C=O) groups excluding carboxylic acids is 2. The topological polar surface area (TPSA) is 61.8 Å². The van der Waals surface area contributed by atoms with Gasteiger partial charge >= 0.3 is 0 Å². The number of hydrogen-bond donors (Lipinski definition) is 1. The third-order valence-corrected chi connectivity index (χ3v) is 3.79. The first kappa shape index (κ1) is 13.2. The van der Waals surface area contributed by atoms with Gasteiger partial charge in [0, 0.05) is 4.47 Å². The number of fused-ring (bicyclic) bond motifs is 1. The van der Waals surface area contributed by atoms with Gasteiger partial charge in [-0.15, -0.1) is 0 Å². The van der Waals surface area contributed by atoms with Crippen molar-refractivity contribution in [2.24, 2.45) is 11.0 Å². The van der Waals surface area contributed by atoms with E-state index in [2.05, 4.69) is 26.5 Å². The largest absolute Gasteiger partial charge is 0.296 e. The first-order valence-corrected chi connectivity index (χ1v) is 6.54. The van der Waals surface area contributed by atoms with Crippen LogP contribution in [0.5, 0.6) is 0 Å². The van der Waals surface area contributed by atoms with E-state index in [-0.39, 0.29) is 0 Å². The van der Waals surface area contributed by atoms with Crippen LogP contribution < -0.4 is 10.3 Å². The van der Waals surface area contributed by atoms with Crippen LogP contribution in [0.25, 0.3) is 0 Å². The van der Waals surface area contributed by atoms with Crippen molar-refractivity contribution < 1.29 is 18.4 Å². The van der Waals surface area contributed by atoms with E-state index in [1.165, 1.54) is 0 Å². The van der Waals surface area contributed by atoms with Crippen molar-refractivity contribution in [3.63, 3.8) is 0 Å². The highest BCUT2D eigenvalue weighted by Crippen LogP contribution is 2.32. The van der Waals surface area contributed by atoms with Gasteiger partial charge in [-0.25, -0.2) is 13.7 Å². The van der Waals surface area contributed by atoms with E-state index < -0.39 is 35.9 Å². The summed E-state index contributed by atoms with van der Waals surface area (Å²) >= 11 is 3.24. The number of anilines is 1. The second-order valence-electron chi connectivity index (χ2n) is 4.41. The Kier molecular flexibility index (Phi) is 3.04. The monoisotopic (exact) mass is 343 g/mol. The molecular weight excluding hydrogens is 336 g/mol. The number of benzene rings is 1. The SMILES string of the molecule is O=C1C2NN=C(C(F)F)C2C(=O)N1c1ccc(Br)cc1. The number of carbonyl (C=O) groups is 2. The predicted molar refractivity (Wildman–Crippen MR) is 70.5 cm³/mol. The molecule has 0 saturated carbocycles. The number of imide groups is 1. The summed E-state index contributed by atoms with van der Waals surface area (Å²) in [4.78, 5) is 25.3. The average Bonchev–Trinajstić information content (AvgIpc) is 2.94. The average molecular weight is 344 g/mol. The van der Waals surface area contributed by atoms with Gasteiger partial charge in [-0.1, -0.05) is 15.9 Å². The van der Waals surface area contributed by atoms with E-state index in [1.807, 2.05) is 0 Å². The first-order valence-electron chi connectivity index (χ1n) is 5.75. The quantitative estimate of drug-likeness (QED) is 0.828. The highest BCUT2D eigenvalue weighted by atomic mass is 79.9. The lowest BCUT2D eigenvalue weighted by Crippen LogP contribution is -2.36. The van der Waals surface area contributed by atoms with E-state index >= 15 is 0 Å². The summed E-state index contributed by atoms with van der Waals surface area (Å²) in [7, 11) is 0. The van der Waals surface area contributed by atoms with Crippen molar-refractivity contribution in [2.75, 3.05) is 4.90 Å². The summed E-state index contributed by atoms with van der Waals surface area (Å²) < 4.78 is 26.4. The molecule has 1 N–H and O–H groups in total. The Morgan fingerprint density at radius 1 is 1.20 bits per heavy atom. The van der Waals surface area contributed by atoms with Crippen LogP contribution in [0.2, 0.25) is 0 Å². The second kappa shape index (κ2) is 4.62. The molecule has 0 bridgehead atoms. The van der Waals surface area contributed by atoms with Crippen LogP contribution >= 0.6 is 15.9 Å². The molecule has 1 saturated heterocycles. The molecule has 0 aromatic heterocycles. The molecule has 1 aromatic rings. The maximum atomic E-state index is 12.8. The molecule has 8 heteroatoms. The Balaban J connectivity index is 1.96. The van der Waals surface area contributed by atoms with Crippen LogP contribution in [0.3, 0.4) is 0 Å². The summed E-state index contributed by atoms with van der Waals surface area (Å²) in [5.74, 6) is -2.46. The van der Waals surface area contributed by atoms with Gasteiger partial charge < -0.3 is 0 Å². The van der Waals surface area contributed by atoms with E-state index in [9.17, 15) is 18.4 Å². The molecular formula is C12H8BrF2N3O2. The molecule has 2 atom stereocenters. The van der Waals surface area contributed by atoms with Crippen LogP contribution in [0.4, 0.5) is 14.5 Å². The minimum atomic E-state index is -2.86. The van der Waals surface area contributed by atoms with E-state index in [0.717, 1.165) is 9.37 Å². The number of nitrogens with zero attached hydrogens (tertiary/aromatic N) is 2. The fraction of sp³-hybridized carbons (Fsp3) is 0.250. The second-order valence-corrected chi connectivity index (χ2v) is 5.33. The number of alkyl halides is 2. The Morgan fingerprint density at radius 2 is 1.85 bits per heavy atom.